The summed E-state index contributed by atoms with van der Waals surface area (Å²) >= 11 is 0. The highest BCUT2D eigenvalue weighted by Crippen LogP contribution is 2.34. The van der Waals surface area contributed by atoms with E-state index in [4.69, 9.17) is 10.5 Å². The normalized spacial score (nSPS) is 14.9. The molecule has 0 fully saturated rings. The molecule has 0 radical (unpaired) electrons. The Morgan fingerprint density at radius 1 is 1.43 bits per heavy atom. The van der Waals surface area contributed by atoms with Crippen LogP contribution in [0.1, 0.15) is 18.6 Å². The van der Waals surface area contributed by atoms with Gasteiger partial charge >= 0.3 is 0 Å². The summed E-state index contributed by atoms with van der Waals surface area (Å²) in [6, 6.07) is 4.49. The molecule has 0 aliphatic rings. The van der Waals surface area contributed by atoms with Gasteiger partial charge in [-0.25, -0.2) is 0 Å². The summed E-state index contributed by atoms with van der Waals surface area (Å²) in [5, 5.41) is 19.3. The average molecular weight is 197 g/mol. The van der Waals surface area contributed by atoms with E-state index in [2.05, 4.69) is 0 Å². The molecule has 4 heteroatoms. The number of hydrogen-bond acceptors (Lipinski definition) is 4. The number of aromatic hydroxyl groups is 1. The molecule has 0 saturated heterocycles. The first kappa shape index (κ1) is 10.8. The van der Waals surface area contributed by atoms with Crippen LogP contribution in [0.5, 0.6) is 11.5 Å². The smallest absolute Gasteiger partial charge is 0.163 e. The predicted molar refractivity (Wildman–Crippen MR) is 53.3 cm³/mol. The number of phenols is 1. The number of benzene rings is 1. The maximum absolute atomic E-state index is 9.67. The van der Waals surface area contributed by atoms with Crippen molar-refractivity contribution < 1.29 is 14.9 Å². The molecule has 14 heavy (non-hydrogen) atoms. The molecule has 1 rings (SSSR count). The first-order valence-corrected chi connectivity index (χ1v) is 4.37. The second-order valence-electron chi connectivity index (χ2n) is 3.20. The van der Waals surface area contributed by atoms with Gasteiger partial charge in [0.25, 0.3) is 0 Å². The summed E-state index contributed by atoms with van der Waals surface area (Å²) in [4.78, 5) is 0. The predicted octanol–water partition coefficient (Wildman–Crippen LogP) is 0.781. The Balaban J connectivity index is 3.09. The van der Waals surface area contributed by atoms with E-state index in [1.807, 2.05) is 0 Å². The summed E-state index contributed by atoms with van der Waals surface area (Å²) in [5.41, 5.74) is 5.91. The highest BCUT2D eigenvalue weighted by molar-refractivity contribution is 5.46. The van der Waals surface area contributed by atoms with Crippen LogP contribution >= 0.6 is 0 Å². The summed E-state index contributed by atoms with van der Waals surface area (Å²) in [5.74, 6) is 0.280. The molecule has 2 atom stereocenters. The highest BCUT2D eigenvalue weighted by Gasteiger charge is 2.18. The quantitative estimate of drug-likeness (QED) is 0.669. The molecule has 0 aliphatic heterocycles. The Morgan fingerprint density at radius 2 is 2.07 bits per heavy atom. The van der Waals surface area contributed by atoms with Gasteiger partial charge in [0.05, 0.1) is 13.2 Å². The molecule has 0 spiro atoms. The number of nitrogens with two attached hydrogens (primary N) is 1. The van der Waals surface area contributed by atoms with Crippen LogP contribution in [-0.4, -0.2) is 23.4 Å². The van der Waals surface area contributed by atoms with E-state index in [9.17, 15) is 10.2 Å². The zero-order valence-corrected chi connectivity index (χ0v) is 8.27. The Morgan fingerprint density at radius 3 is 2.57 bits per heavy atom. The van der Waals surface area contributed by atoms with Crippen molar-refractivity contribution in [3.63, 3.8) is 0 Å². The van der Waals surface area contributed by atoms with Crippen molar-refractivity contribution >= 4 is 0 Å². The minimum Gasteiger partial charge on any atom is -0.504 e. The number of aliphatic hydroxyl groups excluding tert-OH is 1. The maximum atomic E-state index is 9.67. The van der Waals surface area contributed by atoms with Gasteiger partial charge in [-0.15, -0.1) is 0 Å². The summed E-state index contributed by atoms with van der Waals surface area (Å²) in [6.45, 7) is 1.67. The lowest BCUT2D eigenvalue weighted by Gasteiger charge is -2.17. The second-order valence-corrected chi connectivity index (χ2v) is 3.20. The lowest BCUT2D eigenvalue weighted by Crippen LogP contribution is -2.24. The fourth-order valence-corrected chi connectivity index (χ4v) is 1.23. The topological polar surface area (TPSA) is 75.7 Å². The summed E-state index contributed by atoms with van der Waals surface area (Å²) < 4.78 is 4.91. The Kier molecular flexibility index (Phi) is 3.33. The molecule has 1 aromatic carbocycles. The maximum Gasteiger partial charge on any atom is 0.163 e. The van der Waals surface area contributed by atoms with Crippen LogP contribution < -0.4 is 10.5 Å². The third-order valence-corrected chi connectivity index (χ3v) is 2.07. The van der Waals surface area contributed by atoms with Crippen molar-refractivity contribution in [2.75, 3.05) is 7.11 Å². The van der Waals surface area contributed by atoms with E-state index in [0.717, 1.165) is 0 Å². The minimum absolute atomic E-state index is 0.0557. The summed E-state index contributed by atoms with van der Waals surface area (Å²) in [7, 11) is 1.46. The first-order valence-electron chi connectivity index (χ1n) is 4.37. The van der Waals surface area contributed by atoms with Crippen LogP contribution in [0.15, 0.2) is 18.2 Å². The van der Waals surface area contributed by atoms with E-state index < -0.39 is 12.1 Å². The second kappa shape index (κ2) is 4.30. The third-order valence-electron chi connectivity index (χ3n) is 2.07. The number of ether oxygens (including phenoxy) is 1. The Labute approximate surface area is 82.9 Å². The van der Waals surface area contributed by atoms with Crippen LogP contribution in [-0.2, 0) is 0 Å². The fraction of sp³-hybridized carbons (Fsp3) is 0.400. The van der Waals surface area contributed by atoms with Crippen molar-refractivity contribution in [1.82, 2.24) is 0 Å². The van der Waals surface area contributed by atoms with E-state index in [-0.39, 0.29) is 5.75 Å². The molecule has 0 aliphatic carbocycles. The standard InChI is InChI=1S/C10H15NO3/c1-6(11)9(12)7-4-3-5-8(14-2)10(7)13/h3-6,9,12-13H,11H2,1-2H3/t6-,9-/m1/s1. The third kappa shape index (κ3) is 1.97. The largest absolute Gasteiger partial charge is 0.504 e. The number of para-hydroxylation sites is 1. The van der Waals surface area contributed by atoms with Gasteiger partial charge in [0.2, 0.25) is 0 Å². The molecule has 0 saturated carbocycles. The monoisotopic (exact) mass is 197 g/mol. The summed E-state index contributed by atoms with van der Waals surface area (Å²) in [6.07, 6.45) is -0.884. The molecule has 1 aromatic rings. The zero-order valence-electron chi connectivity index (χ0n) is 8.27. The highest BCUT2D eigenvalue weighted by atomic mass is 16.5. The number of hydrogen-bond donors (Lipinski definition) is 3. The van der Waals surface area contributed by atoms with Crippen molar-refractivity contribution in [3.8, 4) is 11.5 Å². The van der Waals surface area contributed by atoms with E-state index in [1.165, 1.54) is 7.11 Å². The van der Waals surface area contributed by atoms with Gasteiger partial charge in [0.15, 0.2) is 11.5 Å². The zero-order chi connectivity index (χ0) is 10.7. The number of phenolic OH excluding ortho intramolecular Hbond substituents is 1. The molecule has 0 unspecified atom stereocenters. The molecule has 4 N–H and O–H groups in total. The Hall–Kier alpha value is -1.26. The van der Waals surface area contributed by atoms with Crippen molar-refractivity contribution in [1.29, 1.82) is 0 Å². The van der Waals surface area contributed by atoms with Crippen LogP contribution in [0, 0.1) is 0 Å². The number of methoxy groups -OCH3 is 1. The van der Waals surface area contributed by atoms with Gasteiger partial charge in [-0.1, -0.05) is 12.1 Å². The lowest BCUT2D eigenvalue weighted by molar-refractivity contribution is 0.149. The van der Waals surface area contributed by atoms with Crippen LogP contribution in [0.4, 0.5) is 0 Å². The van der Waals surface area contributed by atoms with Crippen LogP contribution in [0.2, 0.25) is 0 Å². The van der Waals surface area contributed by atoms with Gasteiger partial charge in [0.1, 0.15) is 0 Å². The van der Waals surface area contributed by atoms with Crippen molar-refractivity contribution in [3.05, 3.63) is 23.8 Å². The molecule has 0 bridgehead atoms. The molecular formula is C10H15NO3. The molecule has 0 aromatic heterocycles. The number of rotatable bonds is 3. The molecule has 0 heterocycles. The van der Waals surface area contributed by atoms with Crippen LogP contribution in [0.3, 0.4) is 0 Å². The van der Waals surface area contributed by atoms with Gasteiger partial charge < -0.3 is 20.7 Å². The van der Waals surface area contributed by atoms with E-state index in [1.54, 1.807) is 25.1 Å². The van der Waals surface area contributed by atoms with Crippen molar-refractivity contribution in [2.45, 2.75) is 19.1 Å². The molecule has 4 nitrogen and oxygen atoms in total. The SMILES string of the molecule is COc1cccc([C@H](O)[C@@H](C)N)c1O. The van der Waals surface area contributed by atoms with Gasteiger partial charge in [-0.05, 0) is 13.0 Å². The van der Waals surface area contributed by atoms with Crippen LogP contribution in [0.25, 0.3) is 0 Å². The van der Waals surface area contributed by atoms with Gasteiger partial charge in [0, 0.05) is 11.6 Å². The average Bonchev–Trinajstić information content (AvgIpc) is 2.17. The van der Waals surface area contributed by atoms with Gasteiger partial charge in [-0.3, -0.25) is 0 Å². The molecular weight excluding hydrogens is 182 g/mol. The molecule has 0 amide bonds. The minimum atomic E-state index is -0.884. The van der Waals surface area contributed by atoms with Gasteiger partial charge in [-0.2, -0.15) is 0 Å². The van der Waals surface area contributed by atoms with E-state index in [0.29, 0.717) is 11.3 Å². The number of aliphatic hydroxyl groups is 1. The fourth-order valence-electron chi connectivity index (χ4n) is 1.23. The Bertz CT molecular complexity index is 312. The van der Waals surface area contributed by atoms with E-state index >= 15 is 0 Å². The first-order chi connectivity index (χ1) is 6.57. The molecule has 78 valence electrons. The van der Waals surface area contributed by atoms with Crippen molar-refractivity contribution in [2.24, 2.45) is 5.73 Å². The lowest BCUT2D eigenvalue weighted by atomic mass is 10.0.